The summed E-state index contributed by atoms with van der Waals surface area (Å²) in [6.45, 7) is 2.89. The van der Waals surface area contributed by atoms with Gasteiger partial charge in [0.05, 0.1) is 0 Å². The fourth-order valence-electron chi connectivity index (χ4n) is 2.24. The summed E-state index contributed by atoms with van der Waals surface area (Å²) in [6.07, 6.45) is 2.09. The average molecular weight is 235 g/mol. The fraction of sp³-hybridized carbons (Fsp3) is 0.462. The van der Waals surface area contributed by atoms with Gasteiger partial charge in [0.1, 0.15) is 0 Å². The molecule has 86 valence electrons. The first kappa shape index (κ1) is 11.7. The summed E-state index contributed by atoms with van der Waals surface area (Å²) in [4.78, 5) is 13.6. The van der Waals surface area contributed by atoms with Gasteiger partial charge >= 0.3 is 0 Å². The zero-order valence-electron chi connectivity index (χ0n) is 9.30. The van der Waals surface area contributed by atoms with E-state index in [-0.39, 0.29) is 11.0 Å². The van der Waals surface area contributed by atoms with Gasteiger partial charge in [-0.3, -0.25) is 9.69 Å². The van der Waals surface area contributed by atoms with Gasteiger partial charge in [-0.05, 0) is 24.9 Å². The van der Waals surface area contributed by atoms with Gasteiger partial charge in [0.15, 0.2) is 5.12 Å². The SMILES string of the molecule is O=C(S)[C@H]1CCCN(Cc2ccccc2)C1. The molecule has 1 heterocycles. The Morgan fingerprint density at radius 1 is 1.38 bits per heavy atom. The highest BCUT2D eigenvalue weighted by Crippen LogP contribution is 2.20. The second-order valence-corrected chi connectivity index (χ2v) is 4.84. The van der Waals surface area contributed by atoms with Gasteiger partial charge in [-0.1, -0.05) is 30.3 Å². The molecule has 3 heteroatoms. The third kappa shape index (κ3) is 3.09. The zero-order chi connectivity index (χ0) is 11.4. The van der Waals surface area contributed by atoms with Crippen molar-refractivity contribution in [3.8, 4) is 0 Å². The second kappa shape index (κ2) is 5.51. The van der Waals surface area contributed by atoms with Gasteiger partial charge in [0.2, 0.25) is 0 Å². The minimum absolute atomic E-state index is 0.0396. The van der Waals surface area contributed by atoms with Crippen molar-refractivity contribution in [3.05, 3.63) is 35.9 Å². The van der Waals surface area contributed by atoms with Gasteiger partial charge in [0.25, 0.3) is 0 Å². The van der Waals surface area contributed by atoms with Crippen LogP contribution in [0.5, 0.6) is 0 Å². The maximum atomic E-state index is 11.2. The van der Waals surface area contributed by atoms with E-state index in [0.29, 0.717) is 0 Å². The van der Waals surface area contributed by atoms with Crippen molar-refractivity contribution in [2.24, 2.45) is 5.92 Å². The minimum Gasteiger partial charge on any atom is -0.298 e. The third-order valence-electron chi connectivity index (χ3n) is 3.10. The molecular weight excluding hydrogens is 218 g/mol. The highest BCUT2D eigenvalue weighted by Gasteiger charge is 2.23. The lowest BCUT2D eigenvalue weighted by atomic mass is 9.99. The van der Waals surface area contributed by atoms with E-state index in [4.69, 9.17) is 0 Å². The molecule has 0 bridgehead atoms. The van der Waals surface area contributed by atoms with Crippen LogP contribution in [0.25, 0.3) is 0 Å². The van der Waals surface area contributed by atoms with E-state index in [9.17, 15) is 4.79 Å². The second-order valence-electron chi connectivity index (χ2n) is 4.40. The first-order valence-corrected chi connectivity index (χ1v) is 6.19. The first-order valence-electron chi connectivity index (χ1n) is 5.75. The van der Waals surface area contributed by atoms with E-state index >= 15 is 0 Å². The van der Waals surface area contributed by atoms with Crippen LogP contribution in [-0.2, 0) is 11.3 Å². The van der Waals surface area contributed by atoms with Crippen LogP contribution in [0.1, 0.15) is 18.4 Å². The number of benzene rings is 1. The molecular formula is C13H17NOS. The van der Waals surface area contributed by atoms with E-state index in [2.05, 4.69) is 41.8 Å². The Bertz CT molecular complexity index is 352. The lowest BCUT2D eigenvalue weighted by molar-refractivity contribution is -0.115. The van der Waals surface area contributed by atoms with Gasteiger partial charge in [-0.25, -0.2) is 0 Å². The number of hydrogen-bond acceptors (Lipinski definition) is 2. The van der Waals surface area contributed by atoms with Crippen molar-refractivity contribution in [1.82, 2.24) is 4.90 Å². The highest BCUT2D eigenvalue weighted by molar-refractivity contribution is 7.96. The summed E-state index contributed by atoms with van der Waals surface area (Å²) >= 11 is 3.94. The predicted octanol–water partition coefficient (Wildman–Crippen LogP) is 2.36. The monoisotopic (exact) mass is 235 g/mol. The summed E-state index contributed by atoms with van der Waals surface area (Å²) in [5.74, 6) is 0.126. The normalized spacial score (nSPS) is 21.9. The van der Waals surface area contributed by atoms with E-state index in [1.54, 1.807) is 0 Å². The Labute approximate surface area is 102 Å². The molecule has 1 saturated heterocycles. The molecule has 0 aliphatic carbocycles. The molecule has 1 aliphatic rings. The molecule has 0 saturated carbocycles. The van der Waals surface area contributed by atoms with Crippen LogP contribution in [0.3, 0.4) is 0 Å². The largest absolute Gasteiger partial charge is 0.298 e. The summed E-state index contributed by atoms with van der Waals surface area (Å²) < 4.78 is 0. The number of hydrogen-bond donors (Lipinski definition) is 1. The van der Waals surface area contributed by atoms with Crippen LogP contribution in [-0.4, -0.2) is 23.1 Å². The van der Waals surface area contributed by atoms with Crippen LogP contribution in [0.2, 0.25) is 0 Å². The highest BCUT2D eigenvalue weighted by atomic mass is 32.1. The molecule has 0 spiro atoms. The number of likely N-dealkylation sites (tertiary alicyclic amines) is 1. The minimum atomic E-state index is 0.0396. The molecule has 16 heavy (non-hydrogen) atoms. The van der Waals surface area contributed by atoms with Crippen molar-refractivity contribution in [1.29, 1.82) is 0 Å². The molecule has 2 nitrogen and oxygen atoms in total. The van der Waals surface area contributed by atoms with E-state index in [1.165, 1.54) is 5.56 Å². The Kier molecular flexibility index (Phi) is 4.02. The Morgan fingerprint density at radius 3 is 2.81 bits per heavy atom. The Balaban J connectivity index is 1.93. The smallest absolute Gasteiger partial charge is 0.190 e. The third-order valence-corrected chi connectivity index (χ3v) is 3.47. The molecule has 2 rings (SSSR count). The number of carbonyl (C=O) groups excluding carboxylic acids is 1. The fourth-order valence-corrected chi connectivity index (χ4v) is 2.45. The topological polar surface area (TPSA) is 20.3 Å². The molecule has 0 aromatic heterocycles. The first-order chi connectivity index (χ1) is 7.75. The van der Waals surface area contributed by atoms with E-state index < -0.39 is 0 Å². The predicted molar refractivity (Wildman–Crippen MR) is 68.4 cm³/mol. The standard InChI is InChI=1S/C13H17NOS/c15-13(16)12-7-4-8-14(10-12)9-11-5-2-1-3-6-11/h1-3,5-6,12H,4,7-10H2,(H,15,16)/t12-/m0/s1. The Hall–Kier alpha value is -0.800. The molecule has 0 unspecified atom stereocenters. The molecule has 1 aromatic carbocycles. The van der Waals surface area contributed by atoms with Gasteiger partial charge in [-0.2, -0.15) is 0 Å². The van der Waals surface area contributed by atoms with Crippen LogP contribution >= 0.6 is 12.6 Å². The van der Waals surface area contributed by atoms with Crippen molar-refractivity contribution >= 4 is 17.7 Å². The average Bonchev–Trinajstić information content (AvgIpc) is 2.30. The number of carbonyl (C=O) groups is 1. The molecule has 1 aliphatic heterocycles. The van der Waals surface area contributed by atoms with Gasteiger partial charge in [-0.15, -0.1) is 12.6 Å². The lowest BCUT2D eigenvalue weighted by Crippen LogP contribution is -2.37. The number of nitrogens with zero attached hydrogens (tertiary/aromatic N) is 1. The van der Waals surface area contributed by atoms with E-state index in [1.807, 2.05) is 6.07 Å². The number of thiol groups is 1. The van der Waals surface area contributed by atoms with Gasteiger partial charge < -0.3 is 0 Å². The summed E-state index contributed by atoms with van der Waals surface area (Å²) in [6, 6.07) is 10.4. The van der Waals surface area contributed by atoms with Crippen LogP contribution < -0.4 is 0 Å². The number of rotatable bonds is 3. The molecule has 1 aromatic rings. The summed E-state index contributed by atoms with van der Waals surface area (Å²) in [5.41, 5.74) is 1.31. The maximum absolute atomic E-state index is 11.2. The van der Waals surface area contributed by atoms with Gasteiger partial charge in [0, 0.05) is 19.0 Å². The lowest BCUT2D eigenvalue weighted by Gasteiger charge is -2.31. The van der Waals surface area contributed by atoms with Crippen LogP contribution in [0.4, 0.5) is 0 Å². The molecule has 0 N–H and O–H groups in total. The summed E-state index contributed by atoms with van der Waals surface area (Å²) in [7, 11) is 0. The molecule has 1 atom stereocenters. The van der Waals surface area contributed by atoms with Crippen molar-refractivity contribution in [3.63, 3.8) is 0 Å². The van der Waals surface area contributed by atoms with Crippen molar-refractivity contribution < 1.29 is 4.79 Å². The van der Waals surface area contributed by atoms with E-state index in [0.717, 1.165) is 32.5 Å². The maximum Gasteiger partial charge on any atom is 0.190 e. The summed E-state index contributed by atoms with van der Waals surface area (Å²) in [5, 5.41) is 0.0396. The molecule has 1 fully saturated rings. The quantitative estimate of drug-likeness (QED) is 0.812. The van der Waals surface area contributed by atoms with Crippen LogP contribution in [0.15, 0.2) is 30.3 Å². The van der Waals surface area contributed by atoms with Crippen LogP contribution in [0, 0.1) is 5.92 Å². The van der Waals surface area contributed by atoms with Crippen molar-refractivity contribution in [2.75, 3.05) is 13.1 Å². The van der Waals surface area contributed by atoms with Crippen molar-refractivity contribution in [2.45, 2.75) is 19.4 Å². The molecule has 0 amide bonds. The zero-order valence-corrected chi connectivity index (χ0v) is 10.2. The molecule has 0 radical (unpaired) electrons. The number of piperidine rings is 1. The Morgan fingerprint density at radius 2 is 2.12 bits per heavy atom.